The monoisotopic (exact) mass is 303 g/mol. The number of carbonyl (C=O) groups excluding carboxylic acids is 1. The molecule has 1 amide bonds. The van der Waals surface area contributed by atoms with Crippen molar-refractivity contribution < 1.29 is 4.79 Å². The summed E-state index contributed by atoms with van der Waals surface area (Å²) in [6, 6.07) is 10.5. The van der Waals surface area contributed by atoms with Gasteiger partial charge >= 0.3 is 0 Å². The Balaban J connectivity index is 1.90. The summed E-state index contributed by atoms with van der Waals surface area (Å²) in [5.74, 6) is 0.153. The van der Waals surface area contributed by atoms with Crippen LogP contribution in [0.2, 0.25) is 0 Å². The molecule has 3 N–H and O–H groups in total. The molecule has 0 radical (unpaired) electrons. The highest BCUT2D eigenvalue weighted by Crippen LogP contribution is 2.20. The summed E-state index contributed by atoms with van der Waals surface area (Å²) < 4.78 is 0. The van der Waals surface area contributed by atoms with E-state index in [2.05, 4.69) is 41.4 Å². The van der Waals surface area contributed by atoms with Crippen LogP contribution >= 0.6 is 0 Å². The van der Waals surface area contributed by atoms with Crippen molar-refractivity contribution in [2.75, 3.05) is 13.1 Å². The van der Waals surface area contributed by atoms with Crippen LogP contribution in [0.4, 0.5) is 0 Å². The van der Waals surface area contributed by atoms with Crippen LogP contribution in [0.3, 0.4) is 0 Å². The van der Waals surface area contributed by atoms with E-state index < -0.39 is 0 Å². The van der Waals surface area contributed by atoms with Crippen molar-refractivity contribution in [3.05, 3.63) is 35.9 Å². The van der Waals surface area contributed by atoms with Crippen molar-refractivity contribution in [1.29, 1.82) is 0 Å². The number of unbranched alkanes of at least 4 members (excludes halogenated alkanes) is 1. The van der Waals surface area contributed by atoms with Crippen LogP contribution in [0.5, 0.6) is 0 Å². The van der Waals surface area contributed by atoms with Gasteiger partial charge in [-0.1, -0.05) is 50.1 Å². The van der Waals surface area contributed by atoms with E-state index in [-0.39, 0.29) is 18.0 Å². The van der Waals surface area contributed by atoms with Crippen molar-refractivity contribution in [3.8, 4) is 0 Å². The fraction of sp³-hybridized carbons (Fsp3) is 0.611. The van der Waals surface area contributed by atoms with Crippen molar-refractivity contribution in [3.63, 3.8) is 0 Å². The van der Waals surface area contributed by atoms with Gasteiger partial charge in [0.05, 0.1) is 6.04 Å². The van der Waals surface area contributed by atoms with E-state index in [1.807, 2.05) is 6.07 Å². The Kier molecular flexibility index (Phi) is 6.87. The molecule has 2 rings (SSSR count). The minimum Gasteiger partial charge on any atom is -0.351 e. The number of amides is 1. The Morgan fingerprint density at radius 3 is 2.86 bits per heavy atom. The highest BCUT2D eigenvalue weighted by atomic mass is 16.2. The first-order chi connectivity index (χ1) is 10.7. The molecule has 122 valence electrons. The lowest BCUT2D eigenvalue weighted by molar-refractivity contribution is -0.126. The third-order valence-corrected chi connectivity index (χ3v) is 4.43. The molecular formula is C18H29N3O. The third-order valence-electron chi connectivity index (χ3n) is 4.43. The summed E-state index contributed by atoms with van der Waals surface area (Å²) in [4.78, 5) is 14.9. The Bertz CT molecular complexity index is 449. The smallest absolute Gasteiger partial charge is 0.237 e. The molecular weight excluding hydrogens is 274 g/mol. The second-order valence-corrected chi connectivity index (χ2v) is 6.20. The summed E-state index contributed by atoms with van der Waals surface area (Å²) in [6.45, 7) is 4.53. The maximum atomic E-state index is 12.6. The lowest BCUT2D eigenvalue weighted by atomic mass is 10.1. The zero-order chi connectivity index (χ0) is 15.8. The van der Waals surface area contributed by atoms with Crippen LogP contribution in [-0.2, 0) is 11.3 Å². The summed E-state index contributed by atoms with van der Waals surface area (Å²) in [5.41, 5.74) is 7.06. The number of nitrogens with zero attached hydrogens (tertiary/aromatic N) is 1. The van der Waals surface area contributed by atoms with Gasteiger partial charge in [-0.3, -0.25) is 9.69 Å². The Morgan fingerprint density at radius 2 is 2.18 bits per heavy atom. The van der Waals surface area contributed by atoms with E-state index in [1.165, 1.54) is 5.56 Å². The zero-order valence-electron chi connectivity index (χ0n) is 13.6. The molecule has 2 unspecified atom stereocenters. The molecule has 4 nitrogen and oxygen atoms in total. The molecule has 1 aliphatic rings. The number of nitrogens with one attached hydrogen (secondary N) is 1. The molecule has 0 saturated carbocycles. The van der Waals surface area contributed by atoms with Crippen molar-refractivity contribution in [2.24, 2.45) is 5.73 Å². The van der Waals surface area contributed by atoms with E-state index in [0.717, 1.165) is 45.2 Å². The Hall–Kier alpha value is -1.39. The third kappa shape index (κ3) is 4.82. The number of benzene rings is 1. The number of carbonyl (C=O) groups is 1. The minimum absolute atomic E-state index is 0.00381. The highest BCUT2D eigenvalue weighted by molar-refractivity contribution is 5.82. The van der Waals surface area contributed by atoms with E-state index in [4.69, 9.17) is 5.73 Å². The summed E-state index contributed by atoms with van der Waals surface area (Å²) >= 11 is 0. The van der Waals surface area contributed by atoms with E-state index in [9.17, 15) is 4.79 Å². The molecule has 1 aliphatic heterocycles. The minimum atomic E-state index is -0.00381. The first-order valence-electron chi connectivity index (χ1n) is 8.53. The van der Waals surface area contributed by atoms with E-state index in [0.29, 0.717) is 6.54 Å². The van der Waals surface area contributed by atoms with Crippen LogP contribution in [0.25, 0.3) is 0 Å². The number of rotatable bonds is 8. The summed E-state index contributed by atoms with van der Waals surface area (Å²) in [6.07, 6.45) is 5.26. The molecule has 1 saturated heterocycles. The van der Waals surface area contributed by atoms with Gasteiger partial charge in [0, 0.05) is 19.1 Å². The van der Waals surface area contributed by atoms with Crippen LogP contribution in [0.15, 0.2) is 30.3 Å². The molecule has 1 aromatic carbocycles. The van der Waals surface area contributed by atoms with Gasteiger partial charge in [0.1, 0.15) is 0 Å². The largest absolute Gasteiger partial charge is 0.351 e. The maximum Gasteiger partial charge on any atom is 0.237 e. The fourth-order valence-corrected chi connectivity index (χ4v) is 3.13. The molecule has 0 bridgehead atoms. The number of nitrogens with two attached hydrogens (primary N) is 1. The van der Waals surface area contributed by atoms with Crippen LogP contribution in [-0.4, -0.2) is 36.0 Å². The van der Waals surface area contributed by atoms with Gasteiger partial charge in [-0.15, -0.1) is 0 Å². The van der Waals surface area contributed by atoms with E-state index >= 15 is 0 Å². The molecule has 1 fully saturated rings. The van der Waals surface area contributed by atoms with Crippen LogP contribution in [0, 0.1) is 0 Å². The predicted molar refractivity (Wildman–Crippen MR) is 90.4 cm³/mol. The van der Waals surface area contributed by atoms with Gasteiger partial charge in [0.15, 0.2) is 0 Å². The molecule has 1 aromatic rings. The number of hydrogen-bond donors (Lipinski definition) is 2. The normalized spacial score (nSPS) is 20.0. The van der Waals surface area contributed by atoms with Crippen molar-refractivity contribution in [1.82, 2.24) is 10.2 Å². The Labute approximate surface area is 134 Å². The summed E-state index contributed by atoms with van der Waals surface area (Å²) in [7, 11) is 0. The zero-order valence-corrected chi connectivity index (χ0v) is 13.6. The quantitative estimate of drug-likeness (QED) is 0.774. The highest BCUT2D eigenvalue weighted by Gasteiger charge is 2.31. The second kappa shape index (κ2) is 8.91. The van der Waals surface area contributed by atoms with Gasteiger partial charge in [0.2, 0.25) is 5.91 Å². The lowest BCUT2D eigenvalue weighted by Gasteiger charge is -2.26. The molecule has 0 spiro atoms. The maximum absolute atomic E-state index is 12.6. The van der Waals surface area contributed by atoms with Crippen LogP contribution < -0.4 is 11.1 Å². The molecule has 0 aliphatic carbocycles. The first kappa shape index (κ1) is 17.0. The van der Waals surface area contributed by atoms with Gasteiger partial charge in [0.25, 0.3) is 0 Å². The fourth-order valence-electron chi connectivity index (χ4n) is 3.13. The van der Waals surface area contributed by atoms with Gasteiger partial charge < -0.3 is 11.1 Å². The topological polar surface area (TPSA) is 58.4 Å². The van der Waals surface area contributed by atoms with Gasteiger partial charge in [-0.2, -0.15) is 0 Å². The number of likely N-dealkylation sites (tertiary alicyclic amines) is 1. The second-order valence-electron chi connectivity index (χ2n) is 6.20. The van der Waals surface area contributed by atoms with Crippen molar-refractivity contribution >= 4 is 5.91 Å². The first-order valence-corrected chi connectivity index (χ1v) is 8.53. The van der Waals surface area contributed by atoms with Crippen molar-refractivity contribution in [2.45, 2.75) is 57.7 Å². The Morgan fingerprint density at radius 1 is 1.41 bits per heavy atom. The van der Waals surface area contributed by atoms with Gasteiger partial charge in [-0.25, -0.2) is 0 Å². The predicted octanol–water partition coefficient (Wildman–Crippen LogP) is 2.28. The molecule has 1 heterocycles. The lowest BCUT2D eigenvalue weighted by Crippen LogP contribution is -2.48. The molecule has 0 aromatic heterocycles. The van der Waals surface area contributed by atoms with Crippen LogP contribution in [0.1, 0.15) is 44.6 Å². The average molecular weight is 303 g/mol. The summed E-state index contributed by atoms with van der Waals surface area (Å²) in [5, 5.41) is 3.15. The van der Waals surface area contributed by atoms with Gasteiger partial charge in [-0.05, 0) is 31.4 Å². The SMILES string of the molecule is CCCCC(CN)NC(=O)C1CCCN1Cc1ccccc1. The average Bonchev–Trinajstić information content (AvgIpc) is 3.00. The molecule has 4 heteroatoms. The number of hydrogen-bond acceptors (Lipinski definition) is 3. The van der Waals surface area contributed by atoms with E-state index in [1.54, 1.807) is 0 Å². The molecule has 2 atom stereocenters. The molecule has 22 heavy (non-hydrogen) atoms. The standard InChI is InChI=1S/C18H29N3O/c1-2-3-10-16(13-19)20-18(22)17-11-7-12-21(17)14-15-8-5-4-6-9-15/h4-6,8-9,16-17H,2-3,7,10-14,19H2,1H3,(H,20,22).